The SMILES string of the molecule is COc1ccc(-c2cc(F)cc3c2O[C@H](CNC(=O)/C=C/c2ccccc2Cl)C3)nn1. The second kappa shape index (κ2) is 9.14. The molecule has 1 N–H and O–H groups in total. The fourth-order valence-electron chi connectivity index (χ4n) is 3.32. The Labute approximate surface area is 183 Å². The Bertz CT molecular complexity index is 1140. The fourth-order valence-corrected chi connectivity index (χ4v) is 3.52. The lowest BCUT2D eigenvalue weighted by Gasteiger charge is -2.12. The minimum atomic E-state index is -0.387. The van der Waals surface area contributed by atoms with E-state index in [2.05, 4.69) is 15.5 Å². The smallest absolute Gasteiger partial charge is 0.244 e. The van der Waals surface area contributed by atoms with Crippen molar-refractivity contribution < 1.29 is 18.7 Å². The average molecular weight is 440 g/mol. The molecule has 3 aromatic rings. The number of aromatic nitrogens is 2. The molecule has 1 amide bonds. The van der Waals surface area contributed by atoms with Gasteiger partial charge in [0.1, 0.15) is 17.7 Å². The van der Waals surface area contributed by atoms with Gasteiger partial charge in [0.2, 0.25) is 11.8 Å². The molecule has 8 heteroatoms. The molecule has 0 unspecified atom stereocenters. The number of carbonyl (C=O) groups is 1. The van der Waals surface area contributed by atoms with Gasteiger partial charge in [0.05, 0.1) is 19.3 Å². The number of hydrogen-bond donors (Lipinski definition) is 1. The minimum Gasteiger partial charge on any atom is -0.487 e. The molecule has 2 heterocycles. The Morgan fingerprint density at radius 1 is 1.29 bits per heavy atom. The number of halogens is 2. The Morgan fingerprint density at radius 2 is 2.13 bits per heavy atom. The van der Waals surface area contributed by atoms with Crippen LogP contribution in [-0.2, 0) is 11.2 Å². The van der Waals surface area contributed by atoms with Crippen LogP contribution in [0.5, 0.6) is 11.6 Å². The predicted molar refractivity (Wildman–Crippen MR) is 116 cm³/mol. The Kier molecular flexibility index (Phi) is 6.13. The van der Waals surface area contributed by atoms with E-state index < -0.39 is 0 Å². The topological polar surface area (TPSA) is 73.3 Å². The maximum Gasteiger partial charge on any atom is 0.244 e. The van der Waals surface area contributed by atoms with Crippen molar-refractivity contribution in [3.05, 3.63) is 76.6 Å². The predicted octanol–water partition coefficient (Wildman–Crippen LogP) is 4.08. The fraction of sp³-hybridized carbons (Fsp3) is 0.174. The summed E-state index contributed by atoms with van der Waals surface area (Å²) in [5, 5.41) is 11.4. The zero-order valence-corrected chi connectivity index (χ0v) is 17.4. The largest absolute Gasteiger partial charge is 0.487 e. The van der Waals surface area contributed by atoms with Crippen LogP contribution in [0.25, 0.3) is 17.3 Å². The van der Waals surface area contributed by atoms with Crippen molar-refractivity contribution in [2.75, 3.05) is 13.7 Å². The lowest BCUT2D eigenvalue weighted by molar-refractivity contribution is -0.116. The summed E-state index contributed by atoms with van der Waals surface area (Å²) in [5.41, 5.74) is 2.46. The van der Waals surface area contributed by atoms with Crippen LogP contribution in [0.1, 0.15) is 11.1 Å². The minimum absolute atomic E-state index is 0.271. The van der Waals surface area contributed by atoms with Gasteiger partial charge in [0, 0.05) is 34.7 Å². The third-order valence-electron chi connectivity index (χ3n) is 4.81. The normalized spacial score (nSPS) is 14.9. The molecule has 0 aliphatic carbocycles. The number of methoxy groups -OCH3 is 1. The summed E-state index contributed by atoms with van der Waals surface area (Å²) in [6.45, 7) is 0.274. The Hall–Kier alpha value is -3.45. The molecule has 1 atom stereocenters. The average Bonchev–Trinajstić information content (AvgIpc) is 3.19. The van der Waals surface area contributed by atoms with E-state index in [1.54, 1.807) is 24.3 Å². The zero-order chi connectivity index (χ0) is 21.8. The van der Waals surface area contributed by atoms with Crippen LogP contribution in [-0.4, -0.2) is 35.9 Å². The number of benzene rings is 2. The molecule has 0 bridgehead atoms. The van der Waals surface area contributed by atoms with E-state index in [-0.39, 0.29) is 24.4 Å². The number of nitrogens with one attached hydrogen (secondary N) is 1. The number of rotatable bonds is 6. The highest BCUT2D eigenvalue weighted by Crippen LogP contribution is 2.39. The van der Waals surface area contributed by atoms with E-state index in [0.29, 0.717) is 34.3 Å². The van der Waals surface area contributed by atoms with Crippen LogP contribution in [0, 0.1) is 5.82 Å². The number of carbonyl (C=O) groups excluding carboxylic acids is 1. The molecule has 0 fully saturated rings. The maximum absolute atomic E-state index is 14.2. The summed E-state index contributed by atoms with van der Waals surface area (Å²) in [7, 11) is 1.50. The lowest BCUT2D eigenvalue weighted by Crippen LogP contribution is -2.33. The zero-order valence-electron chi connectivity index (χ0n) is 16.6. The van der Waals surface area contributed by atoms with Crippen LogP contribution >= 0.6 is 11.6 Å². The van der Waals surface area contributed by atoms with Crippen LogP contribution < -0.4 is 14.8 Å². The molecule has 1 aromatic heterocycles. The molecule has 4 rings (SSSR count). The third-order valence-corrected chi connectivity index (χ3v) is 5.16. The van der Waals surface area contributed by atoms with Gasteiger partial charge in [-0.25, -0.2) is 4.39 Å². The highest BCUT2D eigenvalue weighted by atomic mass is 35.5. The number of amides is 1. The Balaban J connectivity index is 1.42. The van der Waals surface area contributed by atoms with Crippen LogP contribution in [0.4, 0.5) is 4.39 Å². The first-order chi connectivity index (χ1) is 15.0. The summed E-state index contributed by atoms with van der Waals surface area (Å²) < 4.78 is 25.2. The van der Waals surface area contributed by atoms with Crippen LogP contribution in [0.2, 0.25) is 5.02 Å². The third kappa shape index (κ3) is 4.83. The molecule has 1 aliphatic rings. The van der Waals surface area contributed by atoms with E-state index in [0.717, 1.165) is 11.1 Å². The van der Waals surface area contributed by atoms with Gasteiger partial charge in [-0.15, -0.1) is 10.2 Å². The molecule has 0 spiro atoms. The molecule has 2 aromatic carbocycles. The van der Waals surface area contributed by atoms with E-state index in [4.69, 9.17) is 21.1 Å². The van der Waals surface area contributed by atoms with Crippen molar-refractivity contribution in [3.63, 3.8) is 0 Å². The summed E-state index contributed by atoms with van der Waals surface area (Å²) in [6.07, 6.45) is 3.22. The molecule has 0 saturated heterocycles. The molecule has 1 aliphatic heterocycles. The van der Waals surface area contributed by atoms with Crippen molar-refractivity contribution in [2.45, 2.75) is 12.5 Å². The van der Waals surface area contributed by atoms with Crippen molar-refractivity contribution in [2.24, 2.45) is 0 Å². The molecule has 31 heavy (non-hydrogen) atoms. The van der Waals surface area contributed by atoms with Crippen LogP contribution in [0.3, 0.4) is 0 Å². The second-order valence-electron chi connectivity index (χ2n) is 6.95. The van der Waals surface area contributed by atoms with Crippen molar-refractivity contribution in [1.29, 1.82) is 0 Å². The van der Waals surface area contributed by atoms with Gasteiger partial charge in [-0.05, 0) is 35.9 Å². The van der Waals surface area contributed by atoms with Gasteiger partial charge in [0.15, 0.2) is 0 Å². The second-order valence-corrected chi connectivity index (χ2v) is 7.35. The number of nitrogens with zero attached hydrogens (tertiary/aromatic N) is 2. The molecular weight excluding hydrogens is 421 g/mol. The van der Waals surface area contributed by atoms with E-state index >= 15 is 0 Å². The van der Waals surface area contributed by atoms with Gasteiger partial charge in [0.25, 0.3) is 0 Å². The first-order valence-electron chi connectivity index (χ1n) is 9.61. The molecular formula is C23H19ClFN3O3. The summed E-state index contributed by atoms with van der Waals surface area (Å²) in [4.78, 5) is 12.2. The van der Waals surface area contributed by atoms with Crippen molar-refractivity contribution >= 4 is 23.6 Å². The molecule has 6 nitrogen and oxygen atoms in total. The highest BCUT2D eigenvalue weighted by Gasteiger charge is 2.27. The first kappa shape index (κ1) is 20.8. The summed E-state index contributed by atoms with van der Waals surface area (Å²) in [6, 6.07) is 13.4. The number of fused-ring (bicyclic) bond motifs is 1. The van der Waals surface area contributed by atoms with Gasteiger partial charge >= 0.3 is 0 Å². The molecule has 0 radical (unpaired) electrons. The van der Waals surface area contributed by atoms with E-state index in [1.165, 1.54) is 25.3 Å². The van der Waals surface area contributed by atoms with Crippen LogP contribution in [0.15, 0.2) is 54.6 Å². The van der Waals surface area contributed by atoms with Crippen molar-refractivity contribution in [3.8, 4) is 22.9 Å². The van der Waals surface area contributed by atoms with Gasteiger partial charge < -0.3 is 14.8 Å². The van der Waals surface area contributed by atoms with Crippen molar-refractivity contribution in [1.82, 2.24) is 15.5 Å². The van der Waals surface area contributed by atoms with Gasteiger partial charge in [-0.2, -0.15) is 0 Å². The number of hydrogen-bond acceptors (Lipinski definition) is 5. The molecule has 0 saturated carbocycles. The monoisotopic (exact) mass is 439 g/mol. The lowest BCUT2D eigenvalue weighted by atomic mass is 10.0. The number of ether oxygens (including phenoxy) is 2. The highest BCUT2D eigenvalue weighted by molar-refractivity contribution is 6.32. The summed E-state index contributed by atoms with van der Waals surface area (Å²) in [5.74, 6) is 0.254. The van der Waals surface area contributed by atoms with E-state index in [9.17, 15) is 9.18 Å². The van der Waals surface area contributed by atoms with E-state index in [1.807, 2.05) is 18.2 Å². The quantitative estimate of drug-likeness (QED) is 0.586. The maximum atomic E-state index is 14.2. The standard InChI is InChI=1S/C23H19ClFN3O3/c1-30-22-9-7-20(27-28-22)18-12-16(25)10-15-11-17(31-23(15)18)13-26-21(29)8-6-14-4-2-3-5-19(14)24/h2-10,12,17H,11,13H2,1H3,(H,26,29)/b8-6+/t17-/m0/s1. The van der Waals surface area contributed by atoms with Gasteiger partial charge in [-0.1, -0.05) is 29.8 Å². The van der Waals surface area contributed by atoms with Gasteiger partial charge in [-0.3, -0.25) is 4.79 Å². The Morgan fingerprint density at radius 3 is 2.87 bits per heavy atom. The molecule has 158 valence electrons. The first-order valence-corrected chi connectivity index (χ1v) is 9.99. The summed E-state index contributed by atoms with van der Waals surface area (Å²) >= 11 is 6.08.